The fraction of sp³-hybridized carbons (Fsp3) is 0.0952. The predicted molar refractivity (Wildman–Crippen MR) is 102 cm³/mol. The van der Waals surface area contributed by atoms with E-state index in [9.17, 15) is 13.6 Å². The van der Waals surface area contributed by atoms with E-state index in [0.29, 0.717) is 11.0 Å². The van der Waals surface area contributed by atoms with Gasteiger partial charge in [0.25, 0.3) is 0 Å². The van der Waals surface area contributed by atoms with E-state index in [0.717, 1.165) is 21.0 Å². The van der Waals surface area contributed by atoms with Crippen molar-refractivity contribution >= 4 is 34.0 Å². The molecule has 0 aliphatic heterocycles. The number of halogens is 2. The molecule has 0 saturated heterocycles. The molecule has 0 amide bonds. The minimum absolute atomic E-state index is 0.00947. The Labute approximate surface area is 158 Å². The van der Waals surface area contributed by atoms with Gasteiger partial charge in [0.2, 0.25) is 0 Å². The van der Waals surface area contributed by atoms with Crippen molar-refractivity contribution in [3.05, 3.63) is 78.3 Å². The van der Waals surface area contributed by atoms with Gasteiger partial charge in [-0.1, -0.05) is 36.4 Å². The number of carbonyl (C=O) groups is 1. The number of ether oxygens (including phenoxy) is 1. The molecule has 0 fully saturated rings. The third-order valence-corrected chi connectivity index (χ3v) is 4.27. The highest BCUT2D eigenvalue weighted by molar-refractivity contribution is 5.92. The third-order valence-electron chi connectivity index (χ3n) is 4.27. The van der Waals surface area contributed by atoms with Gasteiger partial charge in [-0.15, -0.1) is 0 Å². The second-order valence-corrected chi connectivity index (χ2v) is 6.03. The molecule has 2 aromatic heterocycles. The van der Waals surface area contributed by atoms with Crippen molar-refractivity contribution in [3.63, 3.8) is 0 Å². The molecular weight excluding hydrogens is 364 g/mol. The molecule has 0 saturated carbocycles. The van der Waals surface area contributed by atoms with E-state index in [4.69, 9.17) is 4.74 Å². The summed E-state index contributed by atoms with van der Waals surface area (Å²) < 4.78 is 32.7. The van der Waals surface area contributed by atoms with Crippen LogP contribution in [0.2, 0.25) is 0 Å². The molecule has 0 bridgehead atoms. The highest BCUT2D eigenvalue weighted by atomic mass is 19.3. The monoisotopic (exact) mass is 379 g/mol. The molecular formula is C21H15F2N3O2. The Bertz CT molecular complexity index is 1180. The Balaban J connectivity index is 1.51. The summed E-state index contributed by atoms with van der Waals surface area (Å²) in [5.74, 6) is -0.661. The maximum Gasteiger partial charge on any atom is 0.331 e. The third kappa shape index (κ3) is 3.46. The van der Waals surface area contributed by atoms with Crippen molar-refractivity contribution in [2.75, 3.05) is 0 Å². The van der Waals surface area contributed by atoms with E-state index in [-0.39, 0.29) is 12.4 Å². The van der Waals surface area contributed by atoms with E-state index < -0.39 is 12.5 Å². The number of rotatable bonds is 5. The van der Waals surface area contributed by atoms with Crippen LogP contribution in [0.4, 0.5) is 8.78 Å². The second-order valence-electron chi connectivity index (χ2n) is 6.03. The van der Waals surface area contributed by atoms with E-state index in [1.807, 2.05) is 30.3 Å². The van der Waals surface area contributed by atoms with Gasteiger partial charge in [0.05, 0.1) is 16.6 Å². The van der Waals surface area contributed by atoms with Crippen molar-refractivity contribution in [1.82, 2.24) is 14.5 Å². The Morgan fingerprint density at radius 1 is 1.11 bits per heavy atom. The summed E-state index contributed by atoms with van der Waals surface area (Å²) in [5, 5.41) is 0.948. The number of benzene rings is 2. The van der Waals surface area contributed by atoms with Crippen LogP contribution >= 0.6 is 0 Å². The molecule has 0 aliphatic carbocycles. The van der Waals surface area contributed by atoms with Crippen LogP contribution in [0.1, 0.15) is 17.9 Å². The predicted octanol–water partition coefficient (Wildman–Crippen LogP) is 4.74. The van der Waals surface area contributed by atoms with Crippen LogP contribution in [0.3, 0.4) is 0 Å². The number of imidazole rings is 1. The number of aromatic nitrogens is 3. The lowest BCUT2D eigenvalue weighted by molar-refractivity contribution is -0.139. The number of carbonyl (C=O) groups excluding carboxylic acids is 1. The molecule has 0 unspecified atom stereocenters. The average Bonchev–Trinajstić information content (AvgIpc) is 3.09. The van der Waals surface area contributed by atoms with E-state index in [1.54, 1.807) is 36.5 Å². The molecule has 140 valence electrons. The maximum absolute atomic E-state index is 13.4. The number of hydrogen-bond donors (Lipinski definition) is 0. The first-order valence-electron chi connectivity index (χ1n) is 8.56. The molecule has 4 rings (SSSR count). The average molecular weight is 379 g/mol. The Kier molecular flexibility index (Phi) is 4.80. The lowest BCUT2D eigenvalue weighted by atomic mass is 10.1. The number of alkyl halides is 2. The molecule has 2 aromatic carbocycles. The van der Waals surface area contributed by atoms with Gasteiger partial charge in [0.15, 0.2) is 5.82 Å². The highest BCUT2D eigenvalue weighted by Gasteiger charge is 2.18. The highest BCUT2D eigenvalue weighted by Crippen LogP contribution is 2.23. The van der Waals surface area contributed by atoms with Gasteiger partial charge in [0, 0.05) is 23.2 Å². The van der Waals surface area contributed by atoms with Crippen LogP contribution in [-0.4, -0.2) is 20.5 Å². The van der Waals surface area contributed by atoms with E-state index in [1.165, 1.54) is 6.08 Å². The fourth-order valence-electron chi connectivity index (χ4n) is 3.02. The molecule has 0 radical (unpaired) electrons. The number of esters is 1. The lowest BCUT2D eigenvalue weighted by Gasteiger charge is -2.07. The summed E-state index contributed by atoms with van der Waals surface area (Å²) in [4.78, 5) is 20.5. The maximum atomic E-state index is 13.4. The van der Waals surface area contributed by atoms with Crippen molar-refractivity contribution in [1.29, 1.82) is 0 Å². The molecule has 0 spiro atoms. The summed E-state index contributed by atoms with van der Waals surface area (Å²) >= 11 is 0. The van der Waals surface area contributed by atoms with Crippen molar-refractivity contribution in [2.45, 2.75) is 13.2 Å². The Morgan fingerprint density at radius 2 is 1.93 bits per heavy atom. The minimum atomic E-state index is -2.78. The molecule has 5 nitrogen and oxygen atoms in total. The Hall–Kier alpha value is -3.61. The smallest absolute Gasteiger partial charge is 0.331 e. The van der Waals surface area contributed by atoms with Crippen LogP contribution in [0.25, 0.3) is 28.0 Å². The standard InChI is InChI=1S/C21H15F2N3O2/c22-21(23)26-17-9-2-1-8-16(17)25-18(26)13-28-19(27)11-10-15-6-3-5-14-7-4-12-24-20(14)15/h1-12,21H,13H2/b11-10+. The number of pyridine rings is 1. The van der Waals surface area contributed by atoms with Crippen LogP contribution in [-0.2, 0) is 16.1 Å². The zero-order chi connectivity index (χ0) is 19.5. The summed E-state index contributed by atoms with van der Waals surface area (Å²) in [6.07, 6.45) is 4.51. The number of hydrogen-bond acceptors (Lipinski definition) is 4. The molecule has 7 heteroatoms. The van der Waals surface area contributed by atoms with Gasteiger partial charge in [-0.05, 0) is 24.3 Å². The summed E-state index contributed by atoms with van der Waals surface area (Å²) in [7, 11) is 0. The summed E-state index contributed by atoms with van der Waals surface area (Å²) in [6.45, 7) is -3.13. The van der Waals surface area contributed by atoms with Gasteiger partial charge in [0.1, 0.15) is 6.61 Å². The molecule has 0 aliphatic rings. The van der Waals surface area contributed by atoms with Crippen LogP contribution in [0.15, 0.2) is 66.9 Å². The van der Waals surface area contributed by atoms with E-state index >= 15 is 0 Å². The molecule has 0 N–H and O–H groups in total. The van der Waals surface area contributed by atoms with Crippen molar-refractivity contribution in [3.8, 4) is 0 Å². The van der Waals surface area contributed by atoms with Crippen molar-refractivity contribution < 1.29 is 18.3 Å². The van der Waals surface area contributed by atoms with Crippen LogP contribution in [0.5, 0.6) is 0 Å². The van der Waals surface area contributed by atoms with Gasteiger partial charge in [-0.2, -0.15) is 8.78 Å². The van der Waals surface area contributed by atoms with Crippen LogP contribution < -0.4 is 0 Å². The van der Waals surface area contributed by atoms with Gasteiger partial charge < -0.3 is 4.74 Å². The van der Waals surface area contributed by atoms with Gasteiger partial charge in [-0.3, -0.25) is 9.55 Å². The zero-order valence-corrected chi connectivity index (χ0v) is 14.6. The molecule has 4 aromatic rings. The molecule has 0 atom stereocenters. The van der Waals surface area contributed by atoms with Crippen LogP contribution in [0, 0.1) is 0 Å². The van der Waals surface area contributed by atoms with Gasteiger partial charge in [-0.25, -0.2) is 9.78 Å². The van der Waals surface area contributed by atoms with E-state index in [2.05, 4.69) is 9.97 Å². The summed E-state index contributed by atoms with van der Waals surface area (Å²) in [6, 6.07) is 15.9. The first-order chi connectivity index (χ1) is 13.6. The zero-order valence-electron chi connectivity index (χ0n) is 14.6. The lowest BCUT2D eigenvalue weighted by Crippen LogP contribution is -2.09. The normalized spacial score (nSPS) is 11.7. The van der Waals surface area contributed by atoms with Gasteiger partial charge >= 0.3 is 12.5 Å². The summed E-state index contributed by atoms with van der Waals surface area (Å²) in [5.41, 5.74) is 2.23. The Morgan fingerprint density at radius 3 is 2.79 bits per heavy atom. The fourth-order valence-corrected chi connectivity index (χ4v) is 3.02. The largest absolute Gasteiger partial charge is 0.454 e. The first-order valence-corrected chi connectivity index (χ1v) is 8.56. The quantitative estimate of drug-likeness (QED) is 0.371. The van der Waals surface area contributed by atoms with Crippen molar-refractivity contribution in [2.24, 2.45) is 0 Å². The minimum Gasteiger partial charge on any atom is -0.454 e. The first kappa shape index (κ1) is 17.8. The topological polar surface area (TPSA) is 57.0 Å². The molecule has 2 heterocycles. The number of fused-ring (bicyclic) bond motifs is 2. The number of para-hydroxylation sites is 3. The second kappa shape index (κ2) is 7.56. The number of nitrogens with zero attached hydrogens (tertiary/aromatic N) is 3. The SMILES string of the molecule is O=C(/C=C/c1cccc2cccnc12)OCc1nc2ccccc2n1C(F)F. The molecule has 28 heavy (non-hydrogen) atoms.